The van der Waals surface area contributed by atoms with Crippen LogP contribution in [0.2, 0.25) is 0 Å². The van der Waals surface area contributed by atoms with Gasteiger partial charge >= 0.3 is 11.7 Å². The van der Waals surface area contributed by atoms with Gasteiger partial charge in [-0.15, -0.1) is 0 Å². The Kier molecular flexibility index (Phi) is 5.48. The summed E-state index contributed by atoms with van der Waals surface area (Å²) < 4.78 is 4.53. The topological polar surface area (TPSA) is 98.5 Å². The number of esters is 1. The predicted octanol–water partition coefficient (Wildman–Crippen LogP) is 2.53. The standard InChI is InChI=1S/C11H8Cl2N2O5/c1-6(16)20-10-7(11(17)14-5-9(12)13)3-2-4-8(10)15(18)19/h2-5H,1H3,(H,14,17). The lowest BCUT2D eigenvalue weighted by molar-refractivity contribution is -0.385. The molecule has 0 atom stereocenters. The van der Waals surface area contributed by atoms with Gasteiger partial charge in [-0.2, -0.15) is 0 Å². The highest BCUT2D eigenvalue weighted by Crippen LogP contribution is 2.31. The second kappa shape index (κ2) is 6.88. The molecule has 20 heavy (non-hydrogen) atoms. The van der Waals surface area contributed by atoms with Crippen molar-refractivity contribution in [2.75, 3.05) is 0 Å². The molecule has 0 aliphatic rings. The fourth-order valence-electron chi connectivity index (χ4n) is 1.30. The number of amides is 1. The molecule has 1 rings (SSSR count). The average Bonchev–Trinajstić information content (AvgIpc) is 2.35. The molecule has 0 radical (unpaired) electrons. The maximum atomic E-state index is 11.8. The van der Waals surface area contributed by atoms with Crippen molar-refractivity contribution in [1.82, 2.24) is 5.32 Å². The zero-order valence-corrected chi connectivity index (χ0v) is 11.6. The number of carbonyl (C=O) groups is 2. The van der Waals surface area contributed by atoms with Gasteiger partial charge in [0.1, 0.15) is 4.49 Å². The van der Waals surface area contributed by atoms with Crippen LogP contribution >= 0.6 is 23.2 Å². The number of ether oxygens (including phenoxy) is 1. The first kappa shape index (κ1) is 15.9. The minimum absolute atomic E-state index is 0.194. The van der Waals surface area contributed by atoms with Crippen LogP contribution in [-0.2, 0) is 4.79 Å². The molecule has 0 saturated carbocycles. The molecule has 7 nitrogen and oxygen atoms in total. The van der Waals surface area contributed by atoms with Gasteiger partial charge in [0.05, 0.1) is 10.5 Å². The maximum absolute atomic E-state index is 11.8. The third-order valence-electron chi connectivity index (χ3n) is 1.99. The van der Waals surface area contributed by atoms with E-state index >= 15 is 0 Å². The normalized spacial score (nSPS) is 9.55. The van der Waals surface area contributed by atoms with Gasteiger partial charge in [0, 0.05) is 19.2 Å². The third kappa shape index (κ3) is 4.22. The van der Waals surface area contributed by atoms with Crippen LogP contribution in [0.4, 0.5) is 5.69 Å². The summed E-state index contributed by atoms with van der Waals surface area (Å²) in [5, 5.41) is 13.1. The van der Waals surface area contributed by atoms with Crippen molar-refractivity contribution in [3.8, 4) is 5.75 Å². The van der Waals surface area contributed by atoms with Crippen molar-refractivity contribution >= 4 is 40.8 Å². The lowest BCUT2D eigenvalue weighted by atomic mass is 10.1. The van der Waals surface area contributed by atoms with Crippen LogP contribution in [0.15, 0.2) is 28.9 Å². The average molecular weight is 319 g/mol. The molecule has 1 N–H and O–H groups in total. The van der Waals surface area contributed by atoms with Gasteiger partial charge in [-0.3, -0.25) is 19.7 Å². The fourth-order valence-corrected chi connectivity index (χ4v) is 1.41. The van der Waals surface area contributed by atoms with Crippen LogP contribution < -0.4 is 10.1 Å². The van der Waals surface area contributed by atoms with Crippen molar-refractivity contribution in [2.45, 2.75) is 6.92 Å². The number of nitrogens with zero attached hydrogens (tertiary/aromatic N) is 1. The molecule has 9 heteroatoms. The van der Waals surface area contributed by atoms with E-state index in [9.17, 15) is 19.7 Å². The number of nitrogens with one attached hydrogen (secondary N) is 1. The molecule has 0 bridgehead atoms. The third-order valence-corrected chi connectivity index (χ3v) is 2.21. The quantitative estimate of drug-likeness (QED) is 0.398. The van der Waals surface area contributed by atoms with E-state index in [1.54, 1.807) is 0 Å². The van der Waals surface area contributed by atoms with Crippen molar-refractivity contribution in [3.63, 3.8) is 0 Å². The fraction of sp³-hybridized carbons (Fsp3) is 0.0909. The van der Waals surface area contributed by atoms with E-state index in [2.05, 4.69) is 5.32 Å². The van der Waals surface area contributed by atoms with Gasteiger partial charge in [-0.1, -0.05) is 29.3 Å². The number of halogens is 2. The largest absolute Gasteiger partial charge is 0.418 e. The molecule has 0 aliphatic carbocycles. The summed E-state index contributed by atoms with van der Waals surface area (Å²) in [5.74, 6) is -2.00. The Bertz CT molecular complexity index is 596. The summed E-state index contributed by atoms with van der Waals surface area (Å²) in [6.45, 7) is 1.06. The van der Waals surface area contributed by atoms with Gasteiger partial charge in [0.25, 0.3) is 5.91 Å². The Morgan fingerprint density at radius 2 is 2.05 bits per heavy atom. The number of carbonyl (C=O) groups excluding carboxylic acids is 2. The molecule has 106 valence electrons. The van der Waals surface area contributed by atoms with Crippen LogP contribution in [0, 0.1) is 10.1 Å². The number of rotatable bonds is 4. The molecule has 0 saturated heterocycles. The monoisotopic (exact) mass is 318 g/mol. The SMILES string of the molecule is CC(=O)Oc1c(C(=O)NC=C(Cl)Cl)cccc1[N+](=O)[O-]. The first-order valence-corrected chi connectivity index (χ1v) is 5.86. The van der Waals surface area contributed by atoms with Crippen LogP contribution in [0.3, 0.4) is 0 Å². The molecule has 1 aromatic rings. The highest BCUT2D eigenvalue weighted by molar-refractivity contribution is 6.55. The number of nitro groups is 1. The van der Waals surface area contributed by atoms with E-state index in [0.717, 1.165) is 19.2 Å². The van der Waals surface area contributed by atoms with E-state index in [1.165, 1.54) is 12.1 Å². The first-order chi connectivity index (χ1) is 9.32. The summed E-state index contributed by atoms with van der Waals surface area (Å²) >= 11 is 10.7. The highest BCUT2D eigenvalue weighted by atomic mass is 35.5. The maximum Gasteiger partial charge on any atom is 0.312 e. The zero-order valence-electron chi connectivity index (χ0n) is 10.1. The van der Waals surface area contributed by atoms with Gasteiger partial charge in [-0.05, 0) is 6.07 Å². The molecule has 0 unspecified atom stereocenters. The van der Waals surface area contributed by atoms with Crippen LogP contribution in [0.5, 0.6) is 5.75 Å². The van der Waals surface area contributed by atoms with Crippen molar-refractivity contribution in [2.24, 2.45) is 0 Å². The van der Waals surface area contributed by atoms with Gasteiger partial charge in [-0.25, -0.2) is 0 Å². The summed E-state index contributed by atoms with van der Waals surface area (Å²) in [4.78, 5) is 32.9. The number of hydrogen-bond donors (Lipinski definition) is 1. The van der Waals surface area contributed by atoms with Crippen molar-refractivity contribution < 1.29 is 19.2 Å². The molecule has 0 aliphatic heterocycles. The summed E-state index contributed by atoms with van der Waals surface area (Å²) in [6.07, 6.45) is 0.988. The zero-order chi connectivity index (χ0) is 15.3. The molecule has 1 aromatic carbocycles. The first-order valence-electron chi connectivity index (χ1n) is 5.10. The Balaban J connectivity index is 3.27. The number of para-hydroxylation sites is 1. The summed E-state index contributed by atoms with van der Waals surface area (Å²) in [6, 6.07) is 3.65. The molecule has 0 spiro atoms. The Hall–Kier alpha value is -2.12. The molecular formula is C11H8Cl2N2O5. The minimum atomic E-state index is -0.792. The summed E-state index contributed by atoms with van der Waals surface area (Å²) in [7, 11) is 0. The molecule has 1 amide bonds. The van der Waals surface area contributed by atoms with E-state index in [4.69, 9.17) is 27.9 Å². The second-order valence-corrected chi connectivity index (χ2v) is 4.42. The van der Waals surface area contributed by atoms with E-state index in [0.29, 0.717) is 0 Å². The number of nitro benzene ring substituents is 1. The predicted molar refractivity (Wildman–Crippen MR) is 71.7 cm³/mol. The molecule has 0 aromatic heterocycles. The lowest BCUT2D eigenvalue weighted by Crippen LogP contribution is -2.19. The molecule has 0 fully saturated rings. The van der Waals surface area contributed by atoms with Gasteiger partial charge in [0.15, 0.2) is 0 Å². The smallest absolute Gasteiger partial charge is 0.312 e. The van der Waals surface area contributed by atoms with E-state index in [1.807, 2.05) is 0 Å². The Labute approximate surface area is 123 Å². The number of hydrogen-bond acceptors (Lipinski definition) is 5. The molecule has 0 heterocycles. The van der Waals surface area contributed by atoms with Crippen molar-refractivity contribution in [3.05, 3.63) is 44.6 Å². The highest BCUT2D eigenvalue weighted by Gasteiger charge is 2.24. The van der Waals surface area contributed by atoms with Crippen LogP contribution in [0.25, 0.3) is 0 Å². The minimum Gasteiger partial charge on any atom is -0.418 e. The van der Waals surface area contributed by atoms with E-state index < -0.39 is 28.2 Å². The van der Waals surface area contributed by atoms with Crippen molar-refractivity contribution in [1.29, 1.82) is 0 Å². The lowest BCUT2D eigenvalue weighted by Gasteiger charge is -2.08. The Morgan fingerprint density at radius 1 is 1.40 bits per heavy atom. The number of benzene rings is 1. The van der Waals surface area contributed by atoms with Crippen LogP contribution in [0.1, 0.15) is 17.3 Å². The second-order valence-electron chi connectivity index (χ2n) is 3.41. The van der Waals surface area contributed by atoms with E-state index in [-0.39, 0.29) is 10.1 Å². The van der Waals surface area contributed by atoms with Gasteiger partial charge in [0.2, 0.25) is 5.75 Å². The summed E-state index contributed by atoms with van der Waals surface area (Å²) in [5.41, 5.74) is -0.700. The Morgan fingerprint density at radius 3 is 2.55 bits per heavy atom. The van der Waals surface area contributed by atoms with Crippen LogP contribution in [-0.4, -0.2) is 16.8 Å². The van der Waals surface area contributed by atoms with Gasteiger partial charge < -0.3 is 10.1 Å². The molecular weight excluding hydrogens is 311 g/mol.